The van der Waals surface area contributed by atoms with Gasteiger partial charge in [-0.3, -0.25) is 4.57 Å². The Balaban J connectivity index is 2.34. The second-order valence-corrected chi connectivity index (χ2v) is 6.09. The lowest BCUT2D eigenvalue weighted by atomic mass is 9.73. The Kier molecular flexibility index (Phi) is 3.76. The highest BCUT2D eigenvalue weighted by Crippen LogP contribution is 2.45. The maximum absolute atomic E-state index is 6.23. The van der Waals surface area contributed by atoms with Gasteiger partial charge in [0.1, 0.15) is 5.82 Å². The van der Waals surface area contributed by atoms with Crippen molar-refractivity contribution in [3.8, 4) is 0 Å². The molecule has 0 N–H and O–H groups in total. The molecule has 1 saturated carbocycles. The number of halogens is 1. The van der Waals surface area contributed by atoms with Crippen LogP contribution < -0.4 is 0 Å². The van der Waals surface area contributed by atoms with Crippen LogP contribution in [0, 0.1) is 5.41 Å². The van der Waals surface area contributed by atoms with E-state index in [2.05, 4.69) is 35.5 Å². The lowest BCUT2D eigenvalue weighted by Crippen LogP contribution is -2.31. The molecule has 0 aromatic carbocycles. The van der Waals surface area contributed by atoms with Gasteiger partial charge in [-0.25, -0.2) is 0 Å². The van der Waals surface area contributed by atoms with Crippen LogP contribution in [0.2, 0.25) is 5.28 Å². The average molecular weight is 256 g/mol. The quantitative estimate of drug-likeness (QED) is 0.817. The highest BCUT2D eigenvalue weighted by molar-refractivity contribution is 6.28. The highest BCUT2D eigenvalue weighted by Gasteiger charge is 2.35. The van der Waals surface area contributed by atoms with Crippen molar-refractivity contribution < 1.29 is 0 Å². The van der Waals surface area contributed by atoms with E-state index in [-0.39, 0.29) is 0 Å². The molecule has 0 radical (unpaired) electrons. The summed E-state index contributed by atoms with van der Waals surface area (Å²) >= 11 is 6.23. The smallest absolute Gasteiger partial charge is 0.225 e. The van der Waals surface area contributed by atoms with Gasteiger partial charge in [0.05, 0.1) is 0 Å². The van der Waals surface area contributed by atoms with E-state index in [1.54, 1.807) is 0 Å². The van der Waals surface area contributed by atoms with Crippen molar-refractivity contribution in [1.29, 1.82) is 0 Å². The number of hydrogen-bond acceptors (Lipinski definition) is 2. The lowest BCUT2D eigenvalue weighted by Gasteiger charge is -2.40. The molecule has 96 valence electrons. The first kappa shape index (κ1) is 12.9. The van der Waals surface area contributed by atoms with Gasteiger partial charge < -0.3 is 0 Å². The first-order valence-electron chi connectivity index (χ1n) is 6.65. The van der Waals surface area contributed by atoms with Gasteiger partial charge >= 0.3 is 0 Å². The van der Waals surface area contributed by atoms with Crippen LogP contribution in [-0.2, 0) is 6.42 Å². The third-order valence-corrected chi connectivity index (χ3v) is 4.22. The van der Waals surface area contributed by atoms with Gasteiger partial charge in [-0.1, -0.05) is 33.6 Å². The minimum atomic E-state index is 0.298. The van der Waals surface area contributed by atoms with E-state index in [4.69, 9.17) is 11.6 Å². The van der Waals surface area contributed by atoms with Gasteiger partial charge in [0, 0.05) is 12.5 Å². The van der Waals surface area contributed by atoms with E-state index in [9.17, 15) is 0 Å². The zero-order valence-corrected chi connectivity index (χ0v) is 11.8. The summed E-state index contributed by atoms with van der Waals surface area (Å²) in [7, 11) is 0. The maximum Gasteiger partial charge on any atom is 0.225 e. The molecule has 1 unspecified atom stereocenters. The van der Waals surface area contributed by atoms with Crippen molar-refractivity contribution in [2.45, 2.75) is 65.3 Å². The molecule has 0 aliphatic heterocycles. The SMILES string of the molecule is CCCc1nnc(Cl)n1C1CCCCC1(C)C. The van der Waals surface area contributed by atoms with Crippen molar-refractivity contribution in [2.75, 3.05) is 0 Å². The molecule has 4 heteroatoms. The van der Waals surface area contributed by atoms with Crippen molar-refractivity contribution in [3.63, 3.8) is 0 Å². The van der Waals surface area contributed by atoms with Crippen LogP contribution in [0.4, 0.5) is 0 Å². The third-order valence-electron chi connectivity index (χ3n) is 3.96. The van der Waals surface area contributed by atoms with Crippen LogP contribution in [0.5, 0.6) is 0 Å². The molecule has 0 amide bonds. The number of nitrogens with zero attached hydrogens (tertiary/aromatic N) is 3. The first-order chi connectivity index (χ1) is 8.06. The fraction of sp³-hybridized carbons (Fsp3) is 0.846. The molecule has 1 aliphatic rings. The predicted octanol–water partition coefficient (Wildman–Crippen LogP) is 4.03. The van der Waals surface area contributed by atoms with Crippen molar-refractivity contribution in [3.05, 3.63) is 11.1 Å². The predicted molar refractivity (Wildman–Crippen MR) is 70.3 cm³/mol. The average Bonchev–Trinajstić information content (AvgIpc) is 2.61. The Bertz CT molecular complexity index is 384. The summed E-state index contributed by atoms with van der Waals surface area (Å²) in [6, 6.07) is 0.459. The van der Waals surface area contributed by atoms with E-state index < -0.39 is 0 Å². The Morgan fingerprint density at radius 3 is 2.76 bits per heavy atom. The molecule has 17 heavy (non-hydrogen) atoms. The molecule has 0 bridgehead atoms. The van der Waals surface area contributed by atoms with Crippen LogP contribution >= 0.6 is 11.6 Å². The number of aromatic nitrogens is 3. The van der Waals surface area contributed by atoms with Gasteiger partial charge in [-0.05, 0) is 36.3 Å². The van der Waals surface area contributed by atoms with Gasteiger partial charge in [0.25, 0.3) is 0 Å². The van der Waals surface area contributed by atoms with Crippen LogP contribution in [0.25, 0.3) is 0 Å². The largest absolute Gasteiger partial charge is 0.298 e. The molecule has 1 aromatic rings. The number of rotatable bonds is 3. The van der Waals surface area contributed by atoms with Crippen molar-refractivity contribution in [1.82, 2.24) is 14.8 Å². The molecule has 0 spiro atoms. The van der Waals surface area contributed by atoms with Crippen LogP contribution in [-0.4, -0.2) is 14.8 Å². The van der Waals surface area contributed by atoms with E-state index in [1.165, 1.54) is 25.7 Å². The minimum absolute atomic E-state index is 0.298. The summed E-state index contributed by atoms with van der Waals surface area (Å²) < 4.78 is 2.18. The van der Waals surface area contributed by atoms with Crippen LogP contribution in [0.1, 0.15) is 64.7 Å². The fourth-order valence-corrected chi connectivity index (χ4v) is 3.21. The van der Waals surface area contributed by atoms with Crippen LogP contribution in [0.3, 0.4) is 0 Å². The lowest BCUT2D eigenvalue weighted by molar-refractivity contribution is 0.141. The second-order valence-electron chi connectivity index (χ2n) is 5.76. The second kappa shape index (κ2) is 4.97. The Labute approximate surface area is 109 Å². The van der Waals surface area contributed by atoms with Crippen LogP contribution in [0.15, 0.2) is 0 Å². The molecular formula is C13H22ClN3. The first-order valence-corrected chi connectivity index (χ1v) is 7.03. The van der Waals surface area contributed by atoms with Gasteiger partial charge in [-0.2, -0.15) is 0 Å². The molecule has 1 atom stereocenters. The van der Waals surface area contributed by atoms with E-state index >= 15 is 0 Å². The van der Waals surface area contributed by atoms with Gasteiger partial charge in [-0.15, -0.1) is 10.2 Å². The van der Waals surface area contributed by atoms with E-state index in [1.807, 2.05) is 0 Å². The highest BCUT2D eigenvalue weighted by atomic mass is 35.5. The zero-order valence-electron chi connectivity index (χ0n) is 11.0. The maximum atomic E-state index is 6.23. The molecule has 1 fully saturated rings. The fourth-order valence-electron chi connectivity index (χ4n) is 2.96. The Morgan fingerprint density at radius 1 is 1.35 bits per heavy atom. The summed E-state index contributed by atoms with van der Waals surface area (Å²) in [6.45, 7) is 6.84. The zero-order chi connectivity index (χ0) is 12.5. The molecule has 3 nitrogen and oxygen atoms in total. The Hall–Kier alpha value is -0.570. The summed E-state index contributed by atoms with van der Waals surface area (Å²) in [6.07, 6.45) is 7.12. The topological polar surface area (TPSA) is 30.7 Å². The van der Waals surface area contributed by atoms with Crippen molar-refractivity contribution >= 4 is 11.6 Å². The molecule has 2 rings (SSSR count). The van der Waals surface area contributed by atoms with Gasteiger partial charge in [0.15, 0.2) is 0 Å². The summed E-state index contributed by atoms with van der Waals surface area (Å²) in [5.41, 5.74) is 0.298. The molecular weight excluding hydrogens is 234 g/mol. The summed E-state index contributed by atoms with van der Waals surface area (Å²) in [5.74, 6) is 1.05. The minimum Gasteiger partial charge on any atom is -0.298 e. The van der Waals surface area contributed by atoms with Gasteiger partial charge in [0.2, 0.25) is 5.28 Å². The van der Waals surface area contributed by atoms with E-state index in [0.717, 1.165) is 18.7 Å². The monoisotopic (exact) mass is 255 g/mol. The molecule has 1 heterocycles. The molecule has 1 aromatic heterocycles. The third kappa shape index (κ3) is 2.49. The molecule has 1 aliphatic carbocycles. The number of aryl methyl sites for hydroxylation is 1. The standard InChI is InChI=1S/C13H22ClN3/c1-4-7-11-15-16-12(14)17(11)10-8-5-6-9-13(10,2)3/h10H,4-9H2,1-3H3. The Morgan fingerprint density at radius 2 is 2.12 bits per heavy atom. The molecule has 0 saturated heterocycles. The van der Waals surface area contributed by atoms with E-state index in [0.29, 0.717) is 16.7 Å². The summed E-state index contributed by atoms with van der Waals surface area (Å²) in [4.78, 5) is 0. The summed E-state index contributed by atoms with van der Waals surface area (Å²) in [5, 5.41) is 8.84. The number of hydrogen-bond donors (Lipinski definition) is 0. The van der Waals surface area contributed by atoms with Crippen molar-refractivity contribution in [2.24, 2.45) is 5.41 Å². The normalized spacial score (nSPS) is 23.9.